The molecule has 0 aliphatic heterocycles. The summed E-state index contributed by atoms with van der Waals surface area (Å²) in [6, 6.07) is 0. The summed E-state index contributed by atoms with van der Waals surface area (Å²) in [5.41, 5.74) is 0. The number of hydrogen-bond donors (Lipinski definition) is 1. The van der Waals surface area contributed by atoms with Crippen LogP contribution in [-0.2, 0) is 23.6 Å². The summed E-state index contributed by atoms with van der Waals surface area (Å²) in [5.74, 6) is 2.17. The molecule has 1 fully saturated rings. The Hall–Kier alpha value is -1.21. The molecule has 0 radical (unpaired) electrons. The fraction of sp³-hybridized carbons (Fsp3) is 0.667. The summed E-state index contributed by atoms with van der Waals surface area (Å²) in [6.45, 7) is 3.71. The summed E-state index contributed by atoms with van der Waals surface area (Å²) in [4.78, 5) is 0. The molecule has 6 nitrogen and oxygen atoms in total. The average molecular weight is 284 g/mol. The second-order valence-corrected chi connectivity index (χ2v) is 6.81. The van der Waals surface area contributed by atoms with E-state index in [1.165, 1.54) is 6.42 Å². The van der Waals surface area contributed by atoms with E-state index in [0.29, 0.717) is 18.2 Å². The Kier molecular flexibility index (Phi) is 4.36. The lowest BCUT2D eigenvalue weighted by Crippen LogP contribution is -2.27. The van der Waals surface area contributed by atoms with E-state index in [4.69, 9.17) is 0 Å². The average Bonchev–Trinajstić information content (AvgIpc) is 2.65. The van der Waals surface area contributed by atoms with Crippen LogP contribution in [0.3, 0.4) is 0 Å². The number of nitrogens with zero attached hydrogens (tertiary/aromatic N) is 3. The van der Waals surface area contributed by atoms with Gasteiger partial charge >= 0.3 is 0 Å². The summed E-state index contributed by atoms with van der Waals surface area (Å²) < 4.78 is 27.8. The molecular weight excluding hydrogens is 264 g/mol. The van der Waals surface area contributed by atoms with Gasteiger partial charge in [0.05, 0.1) is 12.3 Å². The lowest BCUT2D eigenvalue weighted by molar-refractivity contribution is 0.391. The summed E-state index contributed by atoms with van der Waals surface area (Å²) in [6.07, 6.45) is 5.58. The number of rotatable bonds is 7. The highest BCUT2D eigenvalue weighted by atomic mass is 32.2. The van der Waals surface area contributed by atoms with Crippen molar-refractivity contribution in [2.75, 3.05) is 5.75 Å². The van der Waals surface area contributed by atoms with E-state index in [1.54, 1.807) is 6.08 Å². The van der Waals surface area contributed by atoms with Crippen molar-refractivity contribution in [3.63, 3.8) is 0 Å². The number of allylic oxidation sites excluding steroid dienone is 1. The molecule has 106 valence electrons. The first-order chi connectivity index (χ1) is 9.03. The quantitative estimate of drug-likeness (QED) is 0.760. The maximum atomic E-state index is 11.7. The Morgan fingerprint density at radius 2 is 2.21 bits per heavy atom. The molecule has 0 spiro atoms. The zero-order chi connectivity index (χ0) is 13.9. The van der Waals surface area contributed by atoms with Crippen LogP contribution >= 0.6 is 0 Å². The van der Waals surface area contributed by atoms with Gasteiger partial charge < -0.3 is 4.57 Å². The molecule has 0 aromatic carbocycles. The SMILES string of the molecule is C=CCCS(=O)(=O)NCc1nnc(C2CCC2)n1C. The first kappa shape index (κ1) is 14.2. The predicted molar refractivity (Wildman–Crippen MR) is 73.0 cm³/mol. The molecule has 7 heteroatoms. The largest absolute Gasteiger partial charge is 0.317 e. The van der Waals surface area contributed by atoms with Crippen molar-refractivity contribution in [3.05, 3.63) is 24.3 Å². The highest BCUT2D eigenvalue weighted by Gasteiger charge is 2.25. The van der Waals surface area contributed by atoms with Crippen LogP contribution in [0.4, 0.5) is 0 Å². The molecule has 1 aromatic heterocycles. The van der Waals surface area contributed by atoms with Gasteiger partial charge in [-0.1, -0.05) is 12.5 Å². The van der Waals surface area contributed by atoms with E-state index in [1.807, 2.05) is 11.6 Å². The monoisotopic (exact) mass is 284 g/mol. The number of sulfonamides is 1. The van der Waals surface area contributed by atoms with Crippen LogP contribution in [-0.4, -0.2) is 28.9 Å². The standard InChI is InChI=1S/C12H20N4O2S/c1-3-4-8-19(17,18)13-9-11-14-15-12(16(11)2)10-6-5-7-10/h3,10,13H,1,4-9H2,2H3. The smallest absolute Gasteiger partial charge is 0.212 e. The number of hydrogen-bond acceptors (Lipinski definition) is 4. The van der Waals surface area contributed by atoms with Crippen LogP contribution in [0.25, 0.3) is 0 Å². The molecule has 19 heavy (non-hydrogen) atoms. The third-order valence-corrected chi connectivity index (χ3v) is 4.87. The minimum Gasteiger partial charge on any atom is -0.317 e. The van der Waals surface area contributed by atoms with Crippen LogP contribution in [0.2, 0.25) is 0 Å². The van der Waals surface area contributed by atoms with Crippen molar-refractivity contribution in [3.8, 4) is 0 Å². The first-order valence-electron chi connectivity index (χ1n) is 6.50. The third-order valence-electron chi connectivity index (χ3n) is 3.51. The van der Waals surface area contributed by atoms with Gasteiger partial charge in [-0.05, 0) is 19.3 Å². The van der Waals surface area contributed by atoms with Gasteiger partial charge in [-0.15, -0.1) is 16.8 Å². The maximum absolute atomic E-state index is 11.7. The van der Waals surface area contributed by atoms with Gasteiger partial charge in [0, 0.05) is 13.0 Å². The van der Waals surface area contributed by atoms with E-state index in [2.05, 4.69) is 21.5 Å². The fourth-order valence-electron chi connectivity index (χ4n) is 2.04. The first-order valence-corrected chi connectivity index (χ1v) is 8.15. The molecular formula is C12H20N4O2S. The molecule has 0 atom stereocenters. The van der Waals surface area contributed by atoms with Gasteiger partial charge in [0.15, 0.2) is 0 Å². The minimum atomic E-state index is -3.26. The van der Waals surface area contributed by atoms with Crippen LogP contribution in [0, 0.1) is 0 Å². The Balaban J connectivity index is 1.96. The van der Waals surface area contributed by atoms with Crippen molar-refractivity contribution < 1.29 is 8.42 Å². The maximum Gasteiger partial charge on any atom is 0.212 e. The molecule has 1 saturated carbocycles. The highest BCUT2D eigenvalue weighted by Crippen LogP contribution is 2.34. The normalized spacial score (nSPS) is 16.3. The Morgan fingerprint density at radius 3 is 2.79 bits per heavy atom. The molecule has 1 aliphatic rings. The number of nitrogens with one attached hydrogen (secondary N) is 1. The topological polar surface area (TPSA) is 76.9 Å². The van der Waals surface area contributed by atoms with E-state index < -0.39 is 10.0 Å². The minimum absolute atomic E-state index is 0.0594. The van der Waals surface area contributed by atoms with Gasteiger partial charge in [-0.3, -0.25) is 0 Å². The van der Waals surface area contributed by atoms with Crippen LogP contribution in [0.15, 0.2) is 12.7 Å². The van der Waals surface area contributed by atoms with Gasteiger partial charge in [0.1, 0.15) is 11.6 Å². The summed E-state index contributed by atoms with van der Waals surface area (Å²) in [5, 5.41) is 8.23. The number of aromatic nitrogens is 3. The van der Waals surface area contributed by atoms with E-state index >= 15 is 0 Å². The molecule has 1 aliphatic carbocycles. The lowest BCUT2D eigenvalue weighted by atomic mass is 9.85. The van der Waals surface area contributed by atoms with Crippen molar-refractivity contribution in [2.24, 2.45) is 7.05 Å². The van der Waals surface area contributed by atoms with Crippen LogP contribution in [0.5, 0.6) is 0 Å². The van der Waals surface area contributed by atoms with Crippen molar-refractivity contribution in [1.82, 2.24) is 19.5 Å². The van der Waals surface area contributed by atoms with Crippen molar-refractivity contribution >= 4 is 10.0 Å². The van der Waals surface area contributed by atoms with Gasteiger partial charge in [-0.25, -0.2) is 13.1 Å². The van der Waals surface area contributed by atoms with Gasteiger partial charge in [0.25, 0.3) is 0 Å². The molecule has 0 saturated heterocycles. The zero-order valence-electron chi connectivity index (χ0n) is 11.2. The lowest BCUT2D eigenvalue weighted by Gasteiger charge is -2.24. The van der Waals surface area contributed by atoms with Crippen molar-refractivity contribution in [1.29, 1.82) is 0 Å². The fourth-order valence-corrected chi connectivity index (χ4v) is 3.01. The molecule has 0 unspecified atom stereocenters. The Labute approximate surface area is 114 Å². The molecule has 2 rings (SSSR count). The molecule has 0 amide bonds. The summed E-state index contributed by atoms with van der Waals surface area (Å²) in [7, 11) is -1.37. The molecule has 1 aromatic rings. The van der Waals surface area contributed by atoms with Crippen LogP contribution in [0.1, 0.15) is 43.3 Å². The molecule has 0 bridgehead atoms. The Bertz CT molecular complexity index is 546. The van der Waals surface area contributed by atoms with Gasteiger partial charge in [0.2, 0.25) is 10.0 Å². The summed E-state index contributed by atoms with van der Waals surface area (Å²) >= 11 is 0. The predicted octanol–water partition coefficient (Wildman–Crippen LogP) is 1.08. The van der Waals surface area contributed by atoms with Crippen molar-refractivity contribution in [2.45, 2.75) is 38.1 Å². The van der Waals surface area contributed by atoms with E-state index in [9.17, 15) is 8.42 Å². The van der Waals surface area contributed by atoms with E-state index in [0.717, 1.165) is 18.7 Å². The molecule has 1 heterocycles. The van der Waals surface area contributed by atoms with E-state index in [-0.39, 0.29) is 12.3 Å². The second kappa shape index (κ2) is 5.83. The highest BCUT2D eigenvalue weighted by molar-refractivity contribution is 7.89. The zero-order valence-corrected chi connectivity index (χ0v) is 12.0. The second-order valence-electron chi connectivity index (χ2n) is 4.88. The molecule has 1 N–H and O–H groups in total. The third kappa shape index (κ3) is 3.42. The van der Waals surface area contributed by atoms with Crippen LogP contribution < -0.4 is 4.72 Å². The van der Waals surface area contributed by atoms with Gasteiger partial charge in [-0.2, -0.15) is 0 Å². The Morgan fingerprint density at radius 1 is 1.47 bits per heavy atom.